The van der Waals surface area contributed by atoms with Gasteiger partial charge in [0, 0.05) is 5.69 Å². The summed E-state index contributed by atoms with van der Waals surface area (Å²) >= 11 is 0. The van der Waals surface area contributed by atoms with Crippen LogP contribution in [0, 0.1) is 5.88 Å². The average Bonchev–Trinajstić information content (AvgIpc) is 2.39. The summed E-state index contributed by atoms with van der Waals surface area (Å²) in [6, 6.07) is 17.5. The number of sulfone groups is 1. The number of anilines is 1. The van der Waals surface area contributed by atoms with E-state index in [4.69, 9.17) is 0 Å². The molecule has 0 heterocycles. The first-order valence-electron chi connectivity index (χ1n) is 5.13. The van der Waals surface area contributed by atoms with Gasteiger partial charge < -0.3 is 5.32 Å². The summed E-state index contributed by atoms with van der Waals surface area (Å²) in [5.41, 5.74) is 0.743. The minimum absolute atomic E-state index is 0.281. The van der Waals surface area contributed by atoms with E-state index in [0.717, 1.165) is 11.6 Å². The quantitative estimate of drug-likeness (QED) is 0.902. The Morgan fingerprint density at radius 1 is 0.824 bits per heavy atom. The maximum Gasteiger partial charge on any atom is 0.202 e. The summed E-state index contributed by atoms with van der Waals surface area (Å²) in [4.78, 5) is 0.281. The standard InChI is InChI=1S/C13H12NO2S/c15-17(16,13-9-5-2-6-10-13)11-14-12-7-3-1-4-8-12/h1-11,14H. The molecule has 0 aromatic heterocycles. The van der Waals surface area contributed by atoms with Gasteiger partial charge in [-0.25, -0.2) is 8.42 Å². The number of hydrogen-bond acceptors (Lipinski definition) is 3. The van der Waals surface area contributed by atoms with Crippen LogP contribution in [-0.4, -0.2) is 8.42 Å². The fourth-order valence-corrected chi connectivity index (χ4v) is 2.32. The van der Waals surface area contributed by atoms with Gasteiger partial charge in [-0.1, -0.05) is 36.4 Å². The van der Waals surface area contributed by atoms with E-state index in [1.807, 2.05) is 18.2 Å². The van der Waals surface area contributed by atoms with Gasteiger partial charge >= 0.3 is 0 Å². The van der Waals surface area contributed by atoms with Crippen LogP contribution >= 0.6 is 0 Å². The van der Waals surface area contributed by atoms with Gasteiger partial charge in [-0.15, -0.1) is 0 Å². The van der Waals surface area contributed by atoms with E-state index in [0.29, 0.717) is 0 Å². The molecule has 0 bridgehead atoms. The molecular weight excluding hydrogens is 234 g/mol. The molecule has 0 aliphatic rings. The molecule has 0 aliphatic heterocycles. The first-order valence-corrected chi connectivity index (χ1v) is 6.68. The molecule has 87 valence electrons. The molecule has 0 unspecified atom stereocenters. The van der Waals surface area contributed by atoms with Gasteiger partial charge in [0.1, 0.15) is 0 Å². The highest BCUT2D eigenvalue weighted by atomic mass is 32.2. The zero-order valence-corrected chi connectivity index (χ0v) is 9.89. The second-order valence-corrected chi connectivity index (χ2v) is 5.28. The van der Waals surface area contributed by atoms with Gasteiger partial charge in [0.25, 0.3) is 0 Å². The van der Waals surface area contributed by atoms with Crippen molar-refractivity contribution in [2.75, 3.05) is 5.32 Å². The molecule has 2 aromatic rings. The largest absolute Gasteiger partial charge is 0.366 e. The third-order valence-electron chi connectivity index (χ3n) is 2.23. The lowest BCUT2D eigenvalue weighted by atomic mass is 10.3. The average molecular weight is 246 g/mol. The molecule has 3 nitrogen and oxygen atoms in total. The van der Waals surface area contributed by atoms with Crippen molar-refractivity contribution in [3.8, 4) is 0 Å². The first kappa shape index (κ1) is 11.7. The third kappa shape index (κ3) is 3.07. The highest BCUT2D eigenvalue weighted by Gasteiger charge is 2.13. The van der Waals surface area contributed by atoms with E-state index >= 15 is 0 Å². The highest BCUT2D eigenvalue weighted by molar-refractivity contribution is 7.93. The molecule has 0 spiro atoms. The van der Waals surface area contributed by atoms with E-state index in [1.54, 1.807) is 42.5 Å². The normalized spacial score (nSPS) is 11.1. The Bertz CT molecular complexity index is 565. The summed E-state index contributed by atoms with van der Waals surface area (Å²) in [6.07, 6.45) is 0. The fraction of sp³-hybridized carbons (Fsp3) is 0. The molecule has 0 atom stereocenters. The molecule has 0 aliphatic carbocycles. The molecule has 0 amide bonds. The van der Waals surface area contributed by atoms with E-state index in [1.165, 1.54) is 0 Å². The molecular formula is C13H12NO2S. The van der Waals surface area contributed by atoms with E-state index in [9.17, 15) is 8.42 Å². The van der Waals surface area contributed by atoms with Gasteiger partial charge in [-0.3, -0.25) is 0 Å². The Kier molecular flexibility index (Phi) is 3.44. The molecule has 0 saturated carbocycles. The SMILES string of the molecule is O=S(=O)([CH]Nc1ccccc1)c1ccccc1. The lowest BCUT2D eigenvalue weighted by Crippen LogP contribution is -2.08. The second kappa shape index (κ2) is 5.01. The molecule has 1 radical (unpaired) electrons. The Morgan fingerprint density at radius 3 is 1.94 bits per heavy atom. The van der Waals surface area contributed by atoms with Crippen molar-refractivity contribution in [1.29, 1.82) is 0 Å². The van der Waals surface area contributed by atoms with Crippen molar-refractivity contribution >= 4 is 15.5 Å². The highest BCUT2D eigenvalue weighted by Crippen LogP contribution is 2.14. The van der Waals surface area contributed by atoms with Crippen LogP contribution in [0.5, 0.6) is 0 Å². The molecule has 2 rings (SSSR count). The maximum absolute atomic E-state index is 11.9. The lowest BCUT2D eigenvalue weighted by Gasteiger charge is -2.06. The van der Waals surface area contributed by atoms with Crippen molar-refractivity contribution in [2.45, 2.75) is 4.90 Å². The van der Waals surface area contributed by atoms with Crippen LogP contribution in [0.15, 0.2) is 65.6 Å². The summed E-state index contributed by atoms with van der Waals surface area (Å²) in [7, 11) is -3.39. The molecule has 0 saturated heterocycles. The van der Waals surface area contributed by atoms with Crippen molar-refractivity contribution in [1.82, 2.24) is 0 Å². The lowest BCUT2D eigenvalue weighted by molar-refractivity contribution is 0.602. The van der Waals surface area contributed by atoms with Crippen LogP contribution in [0.3, 0.4) is 0 Å². The van der Waals surface area contributed by atoms with Gasteiger partial charge in [-0.2, -0.15) is 0 Å². The maximum atomic E-state index is 11.9. The zero-order chi connectivity index (χ0) is 12.1. The minimum Gasteiger partial charge on any atom is -0.366 e. The molecule has 2 aromatic carbocycles. The van der Waals surface area contributed by atoms with Gasteiger partial charge in [-0.05, 0) is 24.3 Å². The van der Waals surface area contributed by atoms with Gasteiger partial charge in [0.05, 0.1) is 4.90 Å². The van der Waals surface area contributed by atoms with Crippen molar-refractivity contribution in [2.24, 2.45) is 0 Å². The first-order chi connectivity index (χ1) is 8.18. The van der Waals surface area contributed by atoms with Crippen LogP contribution in [0.4, 0.5) is 5.69 Å². The van der Waals surface area contributed by atoms with Crippen LogP contribution in [0.1, 0.15) is 0 Å². The van der Waals surface area contributed by atoms with Crippen LogP contribution in [0.2, 0.25) is 0 Å². The summed E-state index contributed by atoms with van der Waals surface area (Å²) in [6.45, 7) is 0. The zero-order valence-electron chi connectivity index (χ0n) is 9.08. The van der Waals surface area contributed by atoms with E-state index in [2.05, 4.69) is 5.32 Å². The topological polar surface area (TPSA) is 46.2 Å². The predicted molar refractivity (Wildman–Crippen MR) is 68.0 cm³/mol. The van der Waals surface area contributed by atoms with Crippen LogP contribution in [0.25, 0.3) is 0 Å². The van der Waals surface area contributed by atoms with Crippen molar-refractivity contribution in [3.05, 3.63) is 66.5 Å². The number of rotatable bonds is 4. The van der Waals surface area contributed by atoms with E-state index < -0.39 is 9.84 Å². The monoisotopic (exact) mass is 246 g/mol. The Morgan fingerprint density at radius 2 is 1.35 bits per heavy atom. The third-order valence-corrected chi connectivity index (χ3v) is 3.58. The van der Waals surface area contributed by atoms with Crippen LogP contribution < -0.4 is 5.32 Å². The Balaban J connectivity index is 2.09. The number of benzene rings is 2. The summed E-state index contributed by atoms with van der Waals surface area (Å²) < 4.78 is 23.8. The number of para-hydroxylation sites is 1. The van der Waals surface area contributed by atoms with Crippen molar-refractivity contribution in [3.63, 3.8) is 0 Å². The number of hydrogen-bond donors (Lipinski definition) is 1. The predicted octanol–water partition coefficient (Wildman–Crippen LogP) is 2.69. The van der Waals surface area contributed by atoms with Gasteiger partial charge in [0.2, 0.25) is 9.84 Å². The van der Waals surface area contributed by atoms with Crippen LogP contribution in [-0.2, 0) is 9.84 Å². The van der Waals surface area contributed by atoms with E-state index in [-0.39, 0.29) is 4.90 Å². The summed E-state index contributed by atoms with van der Waals surface area (Å²) in [5.74, 6) is 1.11. The molecule has 4 heteroatoms. The summed E-state index contributed by atoms with van der Waals surface area (Å²) in [5, 5.41) is 2.77. The molecule has 0 fully saturated rings. The molecule has 1 N–H and O–H groups in total. The van der Waals surface area contributed by atoms with Gasteiger partial charge in [0.15, 0.2) is 5.88 Å². The van der Waals surface area contributed by atoms with Crippen molar-refractivity contribution < 1.29 is 8.42 Å². The smallest absolute Gasteiger partial charge is 0.202 e. The minimum atomic E-state index is -3.39. The Hall–Kier alpha value is -1.81. The second-order valence-electron chi connectivity index (χ2n) is 3.49. The fourth-order valence-electron chi connectivity index (χ4n) is 1.36. The number of nitrogens with one attached hydrogen (secondary N) is 1. The Labute approximate surface area is 101 Å². The molecule has 17 heavy (non-hydrogen) atoms.